The molecule has 72 heavy (non-hydrogen) atoms. The molecule has 1 nitrogen and oxygen atoms in total. The normalized spacial score (nSPS) is 13.2. The molecule has 11 aromatic carbocycles. The summed E-state index contributed by atoms with van der Waals surface area (Å²) in [6, 6.07) is 89.3. The minimum Gasteiger partial charge on any atom is -0.309 e. The maximum Gasteiger partial charge on any atom is 0.0726 e. The smallest absolute Gasteiger partial charge is 0.0726 e. The fourth-order valence-corrected chi connectivity index (χ4v) is 12.4. The molecule has 0 aliphatic heterocycles. The number of rotatable bonds is 6. The van der Waals surface area contributed by atoms with Gasteiger partial charge in [0.1, 0.15) is 0 Å². The SMILES string of the molecule is CC(C)(C)c1ccc2c(c1)C1(c3cc(C(C)(C)C)ccc3-2)c2ccccc2-c2c(N(c3ccccc3-c3ccccc3-c3ccccc3-c3ccccc3)c3cc4ccccc4c4ccccc34)cccc21. The van der Waals surface area contributed by atoms with Crippen LogP contribution in [0.4, 0.5) is 17.1 Å². The van der Waals surface area contributed by atoms with Crippen molar-refractivity contribution in [3.05, 3.63) is 270 Å². The highest BCUT2D eigenvalue weighted by molar-refractivity contribution is 6.16. The van der Waals surface area contributed by atoms with Crippen LogP contribution < -0.4 is 4.90 Å². The van der Waals surface area contributed by atoms with E-state index in [1.807, 2.05) is 0 Å². The first-order valence-electron chi connectivity index (χ1n) is 25.6. The van der Waals surface area contributed by atoms with Gasteiger partial charge < -0.3 is 4.90 Å². The molecule has 2 aliphatic rings. The lowest BCUT2D eigenvalue weighted by Crippen LogP contribution is -2.27. The Balaban J connectivity index is 1.15. The van der Waals surface area contributed by atoms with Crippen molar-refractivity contribution in [3.63, 3.8) is 0 Å². The molecular formula is C71H57N. The molecule has 346 valence electrons. The van der Waals surface area contributed by atoms with Crippen LogP contribution in [-0.4, -0.2) is 0 Å². The number of hydrogen-bond acceptors (Lipinski definition) is 1. The van der Waals surface area contributed by atoms with Crippen molar-refractivity contribution >= 4 is 38.6 Å². The highest BCUT2D eigenvalue weighted by Crippen LogP contribution is 2.66. The van der Waals surface area contributed by atoms with Gasteiger partial charge in [-0.3, -0.25) is 0 Å². The summed E-state index contributed by atoms with van der Waals surface area (Å²) in [7, 11) is 0. The van der Waals surface area contributed by atoms with E-state index < -0.39 is 5.41 Å². The van der Waals surface area contributed by atoms with Crippen molar-refractivity contribution < 1.29 is 0 Å². The molecule has 2 aliphatic carbocycles. The van der Waals surface area contributed by atoms with Crippen LogP contribution in [0.15, 0.2) is 237 Å². The van der Waals surface area contributed by atoms with Gasteiger partial charge in [0.15, 0.2) is 0 Å². The van der Waals surface area contributed by atoms with Gasteiger partial charge in [0.2, 0.25) is 0 Å². The van der Waals surface area contributed by atoms with E-state index in [9.17, 15) is 0 Å². The summed E-state index contributed by atoms with van der Waals surface area (Å²) >= 11 is 0. The van der Waals surface area contributed by atoms with E-state index in [0.29, 0.717) is 0 Å². The average Bonchev–Trinajstić information content (AvgIpc) is 3.88. The molecule has 0 fully saturated rings. The van der Waals surface area contributed by atoms with E-state index in [0.717, 1.165) is 22.6 Å². The summed E-state index contributed by atoms with van der Waals surface area (Å²) in [6.45, 7) is 14.1. The Morgan fingerprint density at radius 3 is 1.42 bits per heavy atom. The summed E-state index contributed by atoms with van der Waals surface area (Å²) in [6.07, 6.45) is 0. The Morgan fingerprint density at radius 2 is 0.764 bits per heavy atom. The third-order valence-electron chi connectivity index (χ3n) is 15.8. The van der Waals surface area contributed by atoms with Crippen molar-refractivity contribution in [2.24, 2.45) is 0 Å². The van der Waals surface area contributed by atoms with E-state index >= 15 is 0 Å². The average molecular weight is 924 g/mol. The van der Waals surface area contributed by atoms with Crippen LogP contribution in [0.5, 0.6) is 0 Å². The first-order valence-corrected chi connectivity index (χ1v) is 25.6. The van der Waals surface area contributed by atoms with Gasteiger partial charge >= 0.3 is 0 Å². The van der Waals surface area contributed by atoms with Crippen LogP contribution >= 0.6 is 0 Å². The Labute approximate surface area is 424 Å². The largest absolute Gasteiger partial charge is 0.309 e. The molecule has 0 atom stereocenters. The standard InChI is InChI=1S/C71H57N/c1-69(2,3)48-39-41-56-57-42-40-49(70(4,5)6)45-64(57)71(63(56)44-48)61-35-20-18-34-60(61)68-62(71)36-22-38-66(68)72(67-43-47-25-10-11-27-51(47)53-29-16-17-33-59(53)67)65-37-21-19-32-58(65)55-31-15-14-30-54(55)52-28-13-12-26-50(52)46-23-8-7-9-24-46/h7-45H,1-6H3. The van der Waals surface area contributed by atoms with Gasteiger partial charge in [-0.05, 0) is 123 Å². The quantitative estimate of drug-likeness (QED) is 0.150. The van der Waals surface area contributed by atoms with Crippen molar-refractivity contribution in [1.82, 2.24) is 0 Å². The third kappa shape index (κ3) is 6.60. The molecule has 0 saturated heterocycles. The summed E-state index contributed by atoms with van der Waals surface area (Å²) in [5.41, 5.74) is 23.2. The van der Waals surface area contributed by atoms with E-state index in [2.05, 4.69) is 283 Å². The Bertz CT molecular complexity index is 3890. The number of fused-ring (bicyclic) bond motifs is 13. The Hall–Kier alpha value is -8.26. The van der Waals surface area contributed by atoms with Gasteiger partial charge in [0.25, 0.3) is 0 Å². The van der Waals surface area contributed by atoms with Gasteiger partial charge in [-0.25, -0.2) is 0 Å². The topological polar surface area (TPSA) is 3.24 Å². The number of para-hydroxylation sites is 1. The first-order chi connectivity index (χ1) is 35.0. The fraction of sp³-hybridized carbons (Fsp3) is 0.127. The van der Waals surface area contributed by atoms with Crippen LogP contribution in [0.3, 0.4) is 0 Å². The lowest BCUT2D eigenvalue weighted by atomic mass is 9.69. The Morgan fingerprint density at radius 1 is 0.292 bits per heavy atom. The number of nitrogens with zero attached hydrogens (tertiary/aromatic N) is 1. The predicted octanol–water partition coefficient (Wildman–Crippen LogP) is 19.4. The van der Waals surface area contributed by atoms with E-state index in [1.165, 1.54) is 105 Å². The highest BCUT2D eigenvalue weighted by Gasteiger charge is 2.53. The minimum absolute atomic E-state index is 0.0418. The number of anilines is 3. The molecule has 0 aromatic heterocycles. The van der Waals surface area contributed by atoms with Crippen molar-refractivity contribution in [2.45, 2.75) is 57.8 Å². The zero-order chi connectivity index (χ0) is 48.9. The van der Waals surface area contributed by atoms with E-state index in [4.69, 9.17) is 0 Å². The fourth-order valence-electron chi connectivity index (χ4n) is 12.4. The molecule has 0 bridgehead atoms. The Kier molecular flexibility index (Phi) is 9.97. The summed E-state index contributed by atoms with van der Waals surface area (Å²) in [5, 5.41) is 4.89. The first kappa shape index (κ1) is 43.7. The highest BCUT2D eigenvalue weighted by atomic mass is 15.2. The summed E-state index contributed by atoms with van der Waals surface area (Å²) in [4.78, 5) is 2.62. The molecule has 0 radical (unpaired) electrons. The van der Waals surface area contributed by atoms with Crippen LogP contribution in [-0.2, 0) is 16.2 Å². The lowest BCUT2D eigenvalue weighted by Gasteiger charge is -2.34. The zero-order valence-electron chi connectivity index (χ0n) is 42.0. The summed E-state index contributed by atoms with van der Waals surface area (Å²) in [5.74, 6) is 0. The van der Waals surface area contributed by atoms with E-state index in [-0.39, 0.29) is 10.8 Å². The minimum atomic E-state index is -0.556. The molecule has 0 amide bonds. The van der Waals surface area contributed by atoms with Gasteiger partial charge in [-0.1, -0.05) is 260 Å². The molecule has 0 heterocycles. The molecule has 1 heteroatoms. The number of benzene rings is 11. The second kappa shape index (κ2) is 16.4. The maximum absolute atomic E-state index is 2.62. The van der Waals surface area contributed by atoms with Gasteiger partial charge in [0.05, 0.1) is 22.5 Å². The maximum atomic E-state index is 2.62. The molecule has 0 saturated carbocycles. The van der Waals surface area contributed by atoms with Gasteiger partial charge in [0, 0.05) is 16.5 Å². The third-order valence-corrected chi connectivity index (χ3v) is 15.8. The molecule has 1 spiro atoms. The van der Waals surface area contributed by atoms with Gasteiger partial charge in [-0.2, -0.15) is 0 Å². The lowest BCUT2D eigenvalue weighted by molar-refractivity contribution is 0.586. The van der Waals surface area contributed by atoms with Crippen LogP contribution in [0, 0.1) is 0 Å². The van der Waals surface area contributed by atoms with Crippen LogP contribution in [0.2, 0.25) is 0 Å². The number of hydrogen-bond donors (Lipinski definition) is 0. The molecular weight excluding hydrogens is 867 g/mol. The van der Waals surface area contributed by atoms with Crippen LogP contribution in [0.1, 0.15) is 74.9 Å². The van der Waals surface area contributed by atoms with E-state index in [1.54, 1.807) is 0 Å². The van der Waals surface area contributed by atoms with Gasteiger partial charge in [-0.15, -0.1) is 0 Å². The molecule has 0 N–H and O–H groups in total. The summed E-state index contributed by atoms with van der Waals surface area (Å²) < 4.78 is 0. The second-order valence-corrected chi connectivity index (χ2v) is 22.0. The van der Waals surface area contributed by atoms with Crippen molar-refractivity contribution in [1.29, 1.82) is 0 Å². The zero-order valence-corrected chi connectivity index (χ0v) is 42.0. The second-order valence-electron chi connectivity index (χ2n) is 22.0. The molecule has 11 aromatic rings. The monoisotopic (exact) mass is 923 g/mol. The van der Waals surface area contributed by atoms with Crippen molar-refractivity contribution in [2.75, 3.05) is 4.90 Å². The van der Waals surface area contributed by atoms with Crippen molar-refractivity contribution in [3.8, 4) is 55.6 Å². The molecule has 0 unspecified atom stereocenters. The molecule has 13 rings (SSSR count). The van der Waals surface area contributed by atoms with Crippen LogP contribution in [0.25, 0.3) is 77.2 Å². The predicted molar refractivity (Wildman–Crippen MR) is 306 cm³/mol.